The molecular formula is C17H20N4O3. The van der Waals surface area contributed by atoms with Crippen molar-refractivity contribution in [1.82, 2.24) is 20.4 Å². The maximum atomic E-state index is 12.3. The normalized spacial score (nSPS) is 19.9. The largest absolute Gasteiger partial charge is 0.368 e. The lowest BCUT2D eigenvalue weighted by molar-refractivity contribution is 0.0835. The second-order valence-corrected chi connectivity index (χ2v) is 6.27. The molecule has 126 valence electrons. The van der Waals surface area contributed by atoms with Crippen molar-refractivity contribution in [3.05, 3.63) is 40.8 Å². The van der Waals surface area contributed by atoms with E-state index in [0.29, 0.717) is 17.3 Å². The summed E-state index contributed by atoms with van der Waals surface area (Å²) in [6, 6.07) is 1.95. The molecule has 7 nitrogen and oxygen atoms in total. The van der Waals surface area contributed by atoms with Gasteiger partial charge in [0.2, 0.25) is 0 Å². The first-order valence-electron chi connectivity index (χ1n) is 8.49. The summed E-state index contributed by atoms with van der Waals surface area (Å²) in [6.07, 6.45) is 7.79. The molecule has 0 unspecified atom stereocenters. The van der Waals surface area contributed by atoms with Crippen molar-refractivity contribution in [3.8, 4) is 0 Å². The Hall–Kier alpha value is -2.28. The van der Waals surface area contributed by atoms with E-state index in [2.05, 4.69) is 20.4 Å². The standard InChI is InChI=1S/C17H20N4O3/c22-16(12-8-11-4-1-2-5-13(11)18-9-12)19-10-15-20-17(24-21-15)14-6-3-7-23-14/h8-9,14H,1-7,10H2,(H,19,22)/t14-/m0/s1. The molecule has 1 N–H and O–H groups in total. The average molecular weight is 328 g/mol. The van der Waals surface area contributed by atoms with Crippen molar-refractivity contribution in [2.24, 2.45) is 0 Å². The van der Waals surface area contributed by atoms with E-state index in [4.69, 9.17) is 9.26 Å². The highest BCUT2D eigenvalue weighted by Crippen LogP contribution is 2.26. The zero-order chi connectivity index (χ0) is 16.4. The van der Waals surface area contributed by atoms with Crippen LogP contribution in [0.3, 0.4) is 0 Å². The number of aryl methyl sites for hydroxylation is 2. The first-order chi connectivity index (χ1) is 11.8. The van der Waals surface area contributed by atoms with Gasteiger partial charge in [0, 0.05) is 18.5 Å². The molecule has 0 bridgehead atoms. The Labute approximate surface area is 139 Å². The van der Waals surface area contributed by atoms with Gasteiger partial charge in [0.15, 0.2) is 5.82 Å². The van der Waals surface area contributed by atoms with Gasteiger partial charge in [-0.2, -0.15) is 4.98 Å². The molecule has 2 aromatic rings. The summed E-state index contributed by atoms with van der Waals surface area (Å²) < 4.78 is 10.7. The predicted molar refractivity (Wildman–Crippen MR) is 84.3 cm³/mol. The molecule has 4 rings (SSSR count). The SMILES string of the molecule is O=C(NCc1noc([C@@H]2CCCO2)n1)c1cnc2c(c1)CCCC2. The van der Waals surface area contributed by atoms with Gasteiger partial charge < -0.3 is 14.6 Å². The van der Waals surface area contributed by atoms with Gasteiger partial charge in [0.1, 0.15) is 6.10 Å². The second kappa shape index (κ2) is 6.68. The lowest BCUT2D eigenvalue weighted by Gasteiger charge is -2.15. The molecule has 24 heavy (non-hydrogen) atoms. The minimum atomic E-state index is -0.167. The third-order valence-corrected chi connectivity index (χ3v) is 4.53. The molecule has 0 radical (unpaired) electrons. The second-order valence-electron chi connectivity index (χ2n) is 6.27. The molecule has 0 saturated carbocycles. The van der Waals surface area contributed by atoms with Crippen LogP contribution >= 0.6 is 0 Å². The third-order valence-electron chi connectivity index (χ3n) is 4.53. The minimum absolute atomic E-state index is 0.105. The molecule has 1 aliphatic heterocycles. The molecule has 0 spiro atoms. The van der Waals surface area contributed by atoms with Gasteiger partial charge >= 0.3 is 0 Å². The summed E-state index contributed by atoms with van der Waals surface area (Å²) in [7, 11) is 0. The fraction of sp³-hybridized carbons (Fsp3) is 0.529. The Morgan fingerprint density at radius 2 is 2.21 bits per heavy atom. The molecule has 1 aliphatic carbocycles. The van der Waals surface area contributed by atoms with Gasteiger partial charge in [0.25, 0.3) is 11.8 Å². The van der Waals surface area contributed by atoms with Crippen LogP contribution in [0.1, 0.15) is 65.1 Å². The number of rotatable bonds is 4. The molecular weight excluding hydrogens is 308 g/mol. The Balaban J connectivity index is 1.38. The fourth-order valence-electron chi connectivity index (χ4n) is 3.22. The first-order valence-corrected chi connectivity index (χ1v) is 8.49. The van der Waals surface area contributed by atoms with Crippen LogP contribution in [-0.2, 0) is 24.1 Å². The van der Waals surface area contributed by atoms with Gasteiger partial charge in [-0.3, -0.25) is 9.78 Å². The number of nitrogens with zero attached hydrogens (tertiary/aromatic N) is 3. The number of carbonyl (C=O) groups is 1. The maximum Gasteiger partial charge on any atom is 0.255 e. The zero-order valence-corrected chi connectivity index (χ0v) is 13.5. The summed E-state index contributed by atoms with van der Waals surface area (Å²) in [4.78, 5) is 21.0. The lowest BCUT2D eigenvalue weighted by atomic mass is 9.95. The summed E-state index contributed by atoms with van der Waals surface area (Å²) in [5.74, 6) is 0.784. The quantitative estimate of drug-likeness (QED) is 0.924. The number of carbonyl (C=O) groups excluding carboxylic acids is 1. The number of ether oxygens (including phenoxy) is 1. The van der Waals surface area contributed by atoms with Gasteiger partial charge in [-0.15, -0.1) is 0 Å². The first kappa shape index (κ1) is 15.3. The Kier molecular flexibility index (Phi) is 4.25. The van der Waals surface area contributed by atoms with Crippen LogP contribution in [0, 0.1) is 0 Å². The number of aromatic nitrogens is 3. The Morgan fingerprint density at radius 3 is 3.08 bits per heavy atom. The highest BCUT2D eigenvalue weighted by molar-refractivity contribution is 5.94. The minimum Gasteiger partial charge on any atom is -0.368 e. The molecule has 2 aromatic heterocycles. The smallest absolute Gasteiger partial charge is 0.255 e. The predicted octanol–water partition coefficient (Wildman–Crippen LogP) is 2.12. The van der Waals surface area contributed by atoms with Gasteiger partial charge in [-0.05, 0) is 50.2 Å². The highest BCUT2D eigenvalue weighted by atomic mass is 16.5. The lowest BCUT2D eigenvalue weighted by Crippen LogP contribution is -2.24. The fourth-order valence-corrected chi connectivity index (χ4v) is 3.22. The van der Waals surface area contributed by atoms with Crippen LogP contribution < -0.4 is 5.32 Å². The van der Waals surface area contributed by atoms with E-state index in [9.17, 15) is 4.79 Å². The molecule has 3 heterocycles. The molecule has 1 atom stereocenters. The Morgan fingerprint density at radius 1 is 1.29 bits per heavy atom. The number of pyridine rings is 1. The van der Waals surface area contributed by atoms with Crippen LogP contribution in [0.4, 0.5) is 0 Å². The van der Waals surface area contributed by atoms with E-state index in [-0.39, 0.29) is 18.6 Å². The van der Waals surface area contributed by atoms with E-state index in [1.54, 1.807) is 6.20 Å². The Bertz CT molecular complexity index is 737. The van der Waals surface area contributed by atoms with Crippen molar-refractivity contribution in [2.45, 2.75) is 51.2 Å². The monoisotopic (exact) mass is 328 g/mol. The van der Waals surface area contributed by atoms with Gasteiger partial charge in [-0.1, -0.05) is 5.16 Å². The topological polar surface area (TPSA) is 90.1 Å². The van der Waals surface area contributed by atoms with Crippen LogP contribution in [-0.4, -0.2) is 27.6 Å². The summed E-state index contributed by atoms with van der Waals surface area (Å²) >= 11 is 0. The van der Waals surface area contributed by atoms with Crippen molar-refractivity contribution in [2.75, 3.05) is 6.61 Å². The van der Waals surface area contributed by atoms with Crippen molar-refractivity contribution in [3.63, 3.8) is 0 Å². The van der Waals surface area contributed by atoms with Crippen LogP contribution in [0.5, 0.6) is 0 Å². The molecule has 1 amide bonds. The summed E-state index contributed by atoms with van der Waals surface area (Å²) in [6.45, 7) is 0.955. The van der Waals surface area contributed by atoms with Crippen molar-refractivity contribution in [1.29, 1.82) is 0 Å². The van der Waals surface area contributed by atoms with Gasteiger partial charge in [0.05, 0.1) is 12.1 Å². The summed E-state index contributed by atoms with van der Waals surface area (Å²) in [5, 5.41) is 6.72. The molecule has 0 aromatic carbocycles. The van der Waals surface area contributed by atoms with E-state index in [1.807, 2.05) is 6.07 Å². The third kappa shape index (κ3) is 3.17. The average Bonchev–Trinajstić information content (AvgIpc) is 3.30. The van der Waals surface area contributed by atoms with E-state index >= 15 is 0 Å². The number of nitrogens with one attached hydrogen (secondary N) is 1. The van der Waals surface area contributed by atoms with E-state index in [1.165, 1.54) is 12.0 Å². The van der Waals surface area contributed by atoms with E-state index in [0.717, 1.165) is 44.4 Å². The molecule has 2 aliphatic rings. The molecule has 1 fully saturated rings. The summed E-state index contributed by atoms with van der Waals surface area (Å²) in [5.41, 5.74) is 2.89. The van der Waals surface area contributed by atoms with Crippen LogP contribution in [0.15, 0.2) is 16.8 Å². The zero-order valence-electron chi connectivity index (χ0n) is 13.5. The molecule has 1 saturated heterocycles. The van der Waals surface area contributed by atoms with Crippen molar-refractivity contribution >= 4 is 5.91 Å². The maximum absolute atomic E-state index is 12.3. The molecule has 7 heteroatoms. The number of hydrogen-bond acceptors (Lipinski definition) is 6. The van der Waals surface area contributed by atoms with Crippen molar-refractivity contribution < 1.29 is 14.1 Å². The number of hydrogen-bond donors (Lipinski definition) is 1. The van der Waals surface area contributed by atoms with Gasteiger partial charge in [-0.25, -0.2) is 0 Å². The van der Waals surface area contributed by atoms with Crippen LogP contribution in [0.25, 0.3) is 0 Å². The number of fused-ring (bicyclic) bond motifs is 1. The van der Waals surface area contributed by atoms with Crippen LogP contribution in [0.2, 0.25) is 0 Å². The van der Waals surface area contributed by atoms with E-state index < -0.39 is 0 Å². The number of amides is 1. The highest BCUT2D eigenvalue weighted by Gasteiger charge is 2.24.